The molecule has 3 amide bonds. The number of benzene rings is 5. The van der Waals surface area contributed by atoms with E-state index in [0.717, 1.165) is 9.79 Å². The molecule has 0 saturated heterocycles. The first-order valence-corrected chi connectivity index (χ1v) is 25.6. The van der Waals surface area contributed by atoms with Crippen LogP contribution in [0.15, 0.2) is 168 Å². The fourth-order valence-electron chi connectivity index (χ4n) is 5.35. The average molecular weight is 1020 g/mol. The molecule has 1 atom stereocenters. The first kappa shape index (κ1) is 53.0. The summed E-state index contributed by atoms with van der Waals surface area (Å²) in [6.45, 7) is 6.00. The number of carbonyl (C=O) groups is 5. The van der Waals surface area contributed by atoms with Crippen LogP contribution < -0.4 is 29.5 Å². The summed E-state index contributed by atoms with van der Waals surface area (Å²) < 4.78 is 44.6. The van der Waals surface area contributed by atoms with E-state index in [-0.39, 0.29) is 55.7 Å². The SMILES string of the molecule is C=C(C)CC(=O)OCCOC(=O)Nc1ccc(OP(=S)(Oc2ccc(NC(=O)OCCOC(=O)C(=C)C)cc2)Oc2ccc(NC(=O)OC(CSc3ccccc3)CSc3ccccc3)cc2)cc1. The van der Waals surface area contributed by atoms with Crippen molar-refractivity contribution in [1.82, 2.24) is 0 Å². The second kappa shape index (κ2) is 27.8. The summed E-state index contributed by atoms with van der Waals surface area (Å²) in [7, 11) is 0. The topological polar surface area (TPSA) is 195 Å². The van der Waals surface area contributed by atoms with Gasteiger partial charge in [-0.3, -0.25) is 20.7 Å². The van der Waals surface area contributed by atoms with Gasteiger partial charge >= 0.3 is 36.9 Å². The molecular formula is C49H50N3O13PS3. The van der Waals surface area contributed by atoms with Gasteiger partial charge < -0.3 is 37.3 Å². The Morgan fingerprint density at radius 1 is 0.536 bits per heavy atom. The number of rotatable bonds is 25. The van der Waals surface area contributed by atoms with Crippen molar-refractivity contribution in [2.75, 3.05) is 53.9 Å². The number of carbonyl (C=O) groups excluding carboxylic acids is 5. The van der Waals surface area contributed by atoms with Crippen LogP contribution in [0.2, 0.25) is 0 Å². The van der Waals surface area contributed by atoms with Gasteiger partial charge in [0.1, 0.15) is 49.8 Å². The van der Waals surface area contributed by atoms with E-state index >= 15 is 0 Å². The van der Waals surface area contributed by atoms with Crippen molar-refractivity contribution in [2.24, 2.45) is 0 Å². The normalized spacial score (nSPS) is 11.4. The third-order valence-corrected chi connectivity index (χ3v) is 12.8. The van der Waals surface area contributed by atoms with Crippen LogP contribution in [0.5, 0.6) is 17.2 Å². The van der Waals surface area contributed by atoms with Gasteiger partial charge in [0.25, 0.3) is 0 Å². The Hall–Kier alpha value is -6.92. The summed E-state index contributed by atoms with van der Waals surface area (Å²) in [6, 6.07) is 38.4. The van der Waals surface area contributed by atoms with Crippen molar-refractivity contribution in [3.8, 4) is 17.2 Å². The van der Waals surface area contributed by atoms with Crippen LogP contribution in [0.3, 0.4) is 0 Å². The van der Waals surface area contributed by atoms with E-state index in [9.17, 15) is 24.0 Å². The van der Waals surface area contributed by atoms with Gasteiger partial charge in [0, 0.05) is 55.7 Å². The van der Waals surface area contributed by atoms with Crippen LogP contribution in [-0.4, -0.2) is 74.3 Å². The summed E-state index contributed by atoms with van der Waals surface area (Å²) >= 11 is 9.10. The first-order chi connectivity index (χ1) is 33.2. The lowest BCUT2D eigenvalue weighted by Crippen LogP contribution is -2.26. The largest absolute Gasteiger partial charge is 0.490 e. The average Bonchev–Trinajstić information content (AvgIpc) is 3.32. The predicted octanol–water partition coefficient (Wildman–Crippen LogP) is 11.7. The van der Waals surface area contributed by atoms with Gasteiger partial charge in [0.2, 0.25) is 0 Å². The van der Waals surface area contributed by atoms with Crippen molar-refractivity contribution in [3.05, 3.63) is 158 Å². The maximum Gasteiger partial charge on any atom is 0.490 e. The molecule has 69 heavy (non-hydrogen) atoms. The Morgan fingerprint density at radius 3 is 1.30 bits per heavy atom. The molecular weight excluding hydrogens is 966 g/mol. The molecule has 5 aromatic rings. The van der Waals surface area contributed by atoms with Crippen molar-refractivity contribution in [1.29, 1.82) is 0 Å². The molecule has 0 aromatic heterocycles. The van der Waals surface area contributed by atoms with Gasteiger partial charge in [-0.25, -0.2) is 19.2 Å². The molecule has 0 aliphatic carbocycles. The quantitative estimate of drug-likeness (QED) is 0.00949. The smallest absolute Gasteiger partial charge is 0.462 e. The molecule has 16 nitrogen and oxygen atoms in total. The standard InChI is InChI=1S/C49H50N3O13PS3/c1-34(2)31-45(53)58-27-29-60-47(55)50-36-15-21-39(22-16-36)63-66(67,64-40-23-17-37(18-24-40)51-48(56)61-30-28-59-46(54)35(3)4)65-41-25-19-38(20-26-41)52-49(57)62-42(32-68-43-11-7-5-8-12-43)33-69-44-13-9-6-10-14-44/h5-26,42H,1,3,27-33H2,2,4H3,(H,50,55)(H,51,56)(H,52,57). The summed E-state index contributed by atoms with van der Waals surface area (Å²) in [4.78, 5) is 63.3. The molecule has 0 heterocycles. The molecule has 0 aliphatic rings. The molecule has 0 fully saturated rings. The zero-order valence-electron chi connectivity index (χ0n) is 37.6. The number of hydrogen-bond donors (Lipinski definition) is 3. The molecule has 0 aliphatic heterocycles. The minimum absolute atomic E-state index is 0.0698. The van der Waals surface area contributed by atoms with Crippen molar-refractivity contribution in [2.45, 2.75) is 36.2 Å². The minimum Gasteiger partial charge on any atom is -0.462 e. The van der Waals surface area contributed by atoms with Crippen LogP contribution in [0.4, 0.5) is 31.4 Å². The maximum atomic E-state index is 13.2. The lowest BCUT2D eigenvalue weighted by atomic mass is 10.2. The Morgan fingerprint density at radius 2 is 0.913 bits per heavy atom. The van der Waals surface area contributed by atoms with Crippen LogP contribution in [0, 0.1) is 0 Å². The third-order valence-electron chi connectivity index (χ3n) is 8.51. The Bertz CT molecular complexity index is 2510. The molecule has 20 heteroatoms. The highest BCUT2D eigenvalue weighted by molar-refractivity contribution is 8.08. The van der Waals surface area contributed by atoms with Crippen LogP contribution in [0.1, 0.15) is 20.3 Å². The number of hydrogen-bond acceptors (Lipinski definition) is 16. The van der Waals surface area contributed by atoms with Gasteiger partial charge in [0.05, 0.1) is 6.42 Å². The molecule has 0 saturated carbocycles. The second-order valence-corrected chi connectivity index (χ2v) is 19.5. The third kappa shape index (κ3) is 20.5. The number of nitrogens with one attached hydrogen (secondary N) is 3. The molecule has 5 aromatic carbocycles. The van der Waals surface area contributed by atoms with Crippen LogP contribution in [0.25, 0.3) is 0 Å². The molecule has 0 bridgehead atoms. The fourth-order valence-corrected chi connectivity index (χ4v) is 9.36. The zero-order valence-corrected chi connectivity index (χ0v) is 41.0. The summed E-state index contributed by atoms with van der Waals surface area (Å²) in [5.41, 5.74) is 2.00. The highest BCUT2D eigenvalue weighted by Crippen LogP contribution is 2.50. The summed E-state index contributed by atoms with van der Waals surface area (Å²) in [5.74, 6) is 0.708. The molecule has 3 N–H and O–H groups in total. The predicted molar refractivity (Wildman–Crippen MR) is 270 cm³/mol. The van der Waals surface area contributed by atoms with E-state index in [1.54, 1.807) is 54.7 Å². The lowest BCUT2D eigenvalue weighted by Gasteiger charge is -2.23. The first-order valence-electron chi connectivity index (χ1n) is 21.0. The van der Waals surface area contributed by atoms with Gasteiger partial charge in [-0.1, -0.05) is 55.1 Å². The van der Waals surface area contributed by atoms with Crippen molar-refractivity contribution >= 4 is 89.3 Å². The molecule has 0 spiro atoms. The van der Waals surface area contributed by atoms with E-state index in [1.165, 1.54) is 55.5 Å². The Balaban J connectivity index is 1.22. The van der Waals surface area contributed by atoms with Gasteiger partial charge in [0.15, 0.2) is 0 Å². The number of esters is 2. The Kier molecular flexibility index (Phi) is 21.4. The highest BCUT2D eigenvalue weighted by Gasteiger charge is 2.27. The van der Waals surface area contributed by atoms with Gasteiger partial charge in [-0.2, -0.15) is 0 Å². The highest BCUT2D eigenvalue weighted by atomic mass is 32.5. The van der Waals surface area contributed by atoms with E-state index < -0.39 is 43.0 Å². The second-order valence-electron chi connectivity index (χ2n) is 14.5. The van der Waals surface area contributed by atoms with Crippen LogP contribution >= 0.6 is 30.2 Å². The molecule has 5 rings (SSSR count). The number of amides is 3. The Labute approximate surface area is 413 Å². The number of thioether (sulfide) groups is 2. The number of ether oxygens (including phenoxy) is 5. The van der Waals surface area contributed by atoms with Crippen LogP contribution in [-0.2, 0) is 45.1 Å². The molecule has 0 radical (unpaired) electrons. The summed E-state index contributed by atoms with van der Waals surface area (Å²) in [5, 5.41) is 7.92. The van der Waals surface area contributed by atoms with E-state index in [0.29, 0.717) is 34.1 Å². The lowest BCUT2D eigenvalue weighted by molar-refractivity contribution is -0.143. The minimum atomic E-state index is -3.77. The molecule has 362 valence electrons. The molecule has 1 unspecified atom stereocenters. The van der Waals surface area contributed by atoms with E-state index in [1.807, 2.05) is 60.7 Å². The monoisotopic (exact) mass is 1020 g/mol. The van der Waals surface area contributed by atoms with Gasteiger partial charge in [-0.15, -0.1) is 23.5 Å². The van der Waals surface area contributed by atoms with Crippen molar-refractivity contribution in [3.63, 3.8) is 0 Å². The van der Waals surface area contributed by atoms with Gasteiger partial charge in [-0.05, 0) is 111 Å². The summed E-state index contributed by atoms with van der Waals surface area (Å²) in [6.07, 6.45) is -2.54. The zero-order chi connectivity index (χ0) is 49.4. The van der Waals surface area contributed by atoms with Crippen molar-refractivity contribution < 1.29 is 61.2 Å². The van der Waals surface area contributed by atoms with E-state index in [4.69, 9.17) is 49.1 Å². The number of anilines is 3. The maximum absolute atomic E-state index is 13.2. The van der Waals surface area contributed by atoms with E-state index in [2.05, 4.69) is 29.1 Å². The fraction of sp³-hybridized carbons (Fsp3) is 0.204.